The van der Waals surface area contributed by atoms with Gasteiger partial charge in [0.2, 0.25) is 5.91 Å². The summed E-state index contributed by atoms with van der Waals surface area (Å²) >= 11 is 0. The van der Waals surface area contributed by atoms with Crippen LogP contribution in [0, 0.1) is 0 Å². The van der Waals surface area contributed by atoms with Crippen molar-refractivity contribution in [2.75, 3.05) is 20.2 Å². The number of likely N-dealkylation sites (N-methyl/N-ethyl adjacent to an activating group) is 1. The van der Waals surface area contributed by atoms with E-state index in [0.717, 1.165) is 17.7 Å². The number of amides is 1. The molecule has 0 spiro atoms. The molecule has 0 aliphatic rings. The number of hydrogen-bond donors (Lipinski definition) is 2. The molecule has 0 fully saturated rings. The predicted octanol–water partition coefficient (Wildman–Crippen LogP) is 1.06. The average molecular weight is 236 g/mol. The van der Waals surface area contributed by atoms with Gasteiger partial charge in [-0.2, -0.15) is 0 Å². The lowest BCUT2D eigenvalue weighted by Gasteiger charge is -2.07. The minimum atomic E-state index is 0.0176. The van der Waals surface area contributed by atoms with Crippen molar-refractivity contribution < 1.29 is 9.53 Å². The maximum atomic E-state index is 11.4. The Morgan fingerprint density at radius 1 is 1.35 bits per heavy atom. The Hall–Kier alpha value is -1.39. The number of ether oxygens (including phenoxy) is 1. The van der Waals surface area contributed by atoms with E-state index in [2.05, 4.69) is 10.6 Å². The topological polar surface area (TPSA) is 50.4 Å². The summed E-state index contributed by atoms with van der Waals surface area (Å²) in [5, 5.41) is 5.84. The van der Waals surface area contributed by atoms with Crippen molar-refractivity contribution in [1.29, 1.82) is 0 Å². The van der Waals surface area contributed by atoms with Crippen LogP contribution in [0.2, 0.25) is 0 Å². The first-order valence-corrected chi connectivity index (χ1v) is 5.80. The van der Waals surface area contributed by atoms with Crippen LogP contribution >= 0.6 is 0 Å². The van der Waals surface area contributed by atoms with Gasteiger partial charge < -0.3 is 15.4 Å². The molecule has 1 amide bonds. The molecule has 4 heteroatoms. The number of benzene rings is 1. The lowest BCUT2D eigenvalue weighted by atomic mass is 10.1. The van der Waals surface area contributed by atoms with Gasteiger partial charge in [-0.15, -0.1) is 0 Å². The fourth-order valence-corrected chi connectivity index (χ4v) is 1.50. The van der Waals surface area contributed by atoms with Crippen molar-refractivity contribution in [3.05, 3.63) is 35.4 Å². The first-order valence-electron chi connectivity index (χ1n) is 5.80. The molecule has 1 rings (SSSR count). The molecule has 1 aromatic carbocycles. The second-order valence-corrected chi connectivity index (χ2v) is 3.81. The maximum Gasteiger partial charge on any atom is 0.234 e. The van der Waals surface area contributed by atoms with Gasteiger partial charge in [-0.05, 0) is 17.7 Å². The first-order chi connectivity index (χ1) is 8.26. The molecule has 0 aliphatic heterocycles. The minimum absolute atomic E-state index is 0.0176. The van der Waals surface area contributed by atoms with Crippen molar-refractivity contribution in [2.45, 2.75) is 20.1 Å². The number of carbonyl (C=O) groups is 1. The van der Waals surface area contributed by atoms with Gasteiger partial charge in [0.05, 0.1) is 13.2 Å². The third-order valence-corrected chi connectivity index (χ3v) is 2.33. The molecule has 0 aromatic heterocycles. The molecule has 0 atom stereocenters. The third kappa shape index (κ3) is 5.47. The highest BCUT2D eigenvalue weighted by Gasteiger charge is 2.00. The van der Waals surface area contributed by atoms with Crippen LogP contribution in [0.3, 0.4) is 0 Å². The summed E-state index contributed by atoms with van der Waals surface area (Å²) in [6.07, 6.45) is 0. The van der Waals surface area contributed by atoms with Gasteiger partial charge in [0.1, 0.15) is 0 Å². The highest BCUT2D eigenvalue weighted by molar-refractivity contribution is 5.77. The molecular weight excluding hydrogens is 216 g/mol. The van der Waals surface area contributed by atoms with E-state index in [1.807, 2.05) is 31.2 Å². The Bertz CT molecular complexity index is 353. The molecule has 0 aliphatic carbocycles. The Kier molecular flexibility index (Phi) is 6.29. The Morgan fingerprint density at radius 2 is 2.12 bits per heavy atom. The van der Waals surface area contributed by atoms with Crippen molar-refractivity contribution in [2.24, 2.45) is 0 Å². The fourth-order valence-electron chi connectivity index (χ4n) is 1.50. The van der Waals surface area contributed by atoms with Gasteiger partial charge in [-0.3, -0.25) is 4.79 Å². The Labute approximate surface area is 102 Å². The van der Waals surface area contributed by atoms with Gasteiger partial charge in [-0.25, -0.2) is 0 Å². The standard InChI is InChI=1S/C13H20N2O2/c1-3-14-9-13(16)15-8-11-5-4-6-12(7-11)10-17-2/h4-7,14H,3,8-10H2,1-2H3,(H,15,16). The Balaban J connectivity index is 2.40. The van der Waals surface area contributed by atoms with Gasteiger partial charge in [0.25, 0.3) is 0 Å². The number of hydrogen-bond acceptors (Lipinski definition) is 3. The average Bonchev–Trinajstić information content (AvgIpc) is 2.35. The number of methoxy groups -OCH3 is 1. The SMILES string of the molecule is CCNCC(=O)NCc1cccc(COC)c1. The van der Waals surface area contributed by atoms with E-state index in [1.165, 1.54) is 0 Å². The highest BCUT2D eigenvalue weighted by atomic mass is 16.5. The maximum absolute atomic E-state index is 11.4. The van der Waals surface area contributed by atoms with Crippen molar-refractivity contribution in [3.8, 4) is 0 Å². The second-order valence-electron chi connectivity index (χ2n) is 3.81. The molecule has 0 saturated heterocycles. The lowest BCUT2D eigenvalue weighted by Crippen LogP contribution is -2.33. The quantitative estimate of drug-likeness (QED) is 0.744. The van der Waals surface area contributed by atoms with E-state index in [1.54, 1.807) is 7.11 Å². The van der Waals surface area contributed by atoms with Crippen LogP contribution < -0.4 is 10.6 Å². The molecule has 4 nitrogen and oxygen atoms in total. The van der Waals surface area contributed by atoms with E-state index in [9.17, 15) is 4.79 Å². The minimum Gasteiger partial charge on any atom is -0.380 e. The summed E-state index contributed by atoms with van der Waals surface area (Å²) in [7, 11) is 1.67. The molecule has 94 valence electrons. The Morgan fingerprint density at radius 3 is 2.82 bits per heavy atom. The molecule has 0 saturated carbocycles. The van der Waals surface area contributed by atoms with Crippen LogP contribution in [-0.2, 0) is 22.7 Å². The molecule has 0 heterocycles. The first kappa shape index (κ1) is 13.7. The molecular formula is C13H20N2O2. The van der Waals surface area contributed by atoms with E-state index in [0.29, 0.717) is 19.7 Å². The summed E-state index contributed by atoms with van der Waals surface area (Å²) in [6, 6.07) is 8.01. The summed E-state index contributed by atoms with van der Waals surface area (Å²) in [5.74, 6) is 0.0176. The van der Waals surface area contributed by atoms with E-state index in [-0.39, 0.29) is 5.91 Å². The summed E-state index contributed by atoms with van der Waals surface area (Å²) < 4.78 is 5.06. The van der Waals surface area contributed by atoms with Gasteiger partial charge in [0.15, 0.2) is 0 Å². The van der Waals surface area contributed by atoms with Gasteiger partial charge >= 0.3 is 0 Å². The molecule has 0 unspecified atom stereocenters. The van der Waals surface area contributed by atoms with Crippen LogP contribution in [0.15, 0.2) is 24.3 Å². The zero-order valence-electron chi connectivity index (χ0n) is 10.5. The smallest absolute Gasteiger partial charge is 0.234 e. The van der Waals surface area contributed by atoms with Gasteiger partial charge in [-0.1, -0.05) is 31.2 Å². The summed E-state index contributed by atoms with van der Waals surface area (Å²) in [5.41, 5.74) is 2.20. The second kappa shape index (κ2) is 7.81. The highest BCUT2D eigenvalue weighted by Crippen LogP contribution is 2.05. The van der Waals surface area contributed by atoms with Crippen molar-refractivity contribution in [3.63, 3.8) is 0 Å². The van der Waals surface area contributed by atoms with E-state index >= 15 is 0 Å². The molecule has 17 heavy (non-hydrogen) atoms. The van der Waals surface area contributed by atoms with Crippen molar-refractivity contribution >= 4 is 5.91 Å². The number of rotatable bonds is 7. The van der Waals surface area contributed by atoms with E-state index in [4.69, 9.17) is 4.74 Å². The third-order valence-electron chi connectivity index (χ3n) is 2.33. The number of carbonyl (C=O) groups excluding carboxylic acids is 1. The zero-order valence-corrected chi connectivity index (χ0v) is 10.5. The molecule has 1 aromatic rings. The van der Waals surface area contributed by atoms with Crippen LogP contribution in [0.5, 0.6) is 0 Å². The predicted molar refractivity (Wildman–Crippen MR) is 67.5 cm³/mol. The zero-order chi connectivity index (χ0) is 12.5. The molecule has 0 radical (unpaired) electrons. The lowest BCUT2D eigenvalue weighted by molar-refractivity contribution is -0.120. The fraction of sp³-hybridized carbons (Fsp3) is 0.462. The molecule has 2 N–H and O–H groups in total. The normalized spacial score (nSPS) is 10.2. The van der Waals surface area contributed by atoms with Crippen LogP contribution in [0.4, 0.5) is 0 Å². The monoisotopic (exact) mass is 236 g/mol. The largest absolute Gasteiger partial charge is 0.380 e. The van der Waals surface area contributed by atoms with Crippen molar-refractivity contribution in [1.82, 2.24) is 10.6 Å². The van der Waals surface area contributed by atoms with Crippen LogP contribution in [-0.4, -0.2) is 26.1 Å². The summed E-state index contributed by atoms with van der Waals surface area (Å²) in [4.78, 5) is 11.4. The van der Waals surface area contributed by atoms with Crippen LogP contribution in [0.1, 0.15) is 18.1 Å². The molecule has 0 bridgehead atoms. The number of nitrogens with one attached hydrogen (secondary N) is 2. The van der Waals surface area contributed by atoms with E-state index < -0.39 is 0 Å². The van der Waals surface area contributed by atoms with Gasteiger partial charge in [0, 0.05) is 13.7 Å². The summed E-state index contributed by atoms with van der Waals surface area (Å²) in [6.45, 7) is 4.30. The van der Waals surface area contributed by atoms with Crippen LogP contribution in [0.25, 0.3) is 0 Å².